The molecule has 2 aliphatic rings. The van der Waals surface area contributed by atoms with Gasteiger partial charge in [0, 0.05) is 6.54 Å². The zero-order valence-corrected chi connectivity index (χ0v) is 16.2. The zero-order chi connectivity index (χ0) is 19.9. The summed E-state index contributed by atoms with van der Waals surface area (Å²) in [5, 5.41) is 2.88. The maximum Gasteiger partial charge on any atom is 0.326 e. The number of halogens is 1. The molecule has 5 nitrogen and oxygen atoms in total. The first-order valence-corrected chi connectivity index (χ1v) is 9.56. The van der Waals surface area contributed by atoms with E-state index in [-0.39, 0.29) is 24.4 Å². The average molecular weight is 381 g/mol. The molecule has 1 atom stereocenters. The van der Waals surface area contributed by atoms with E-state index in [4.69, 9.17) is 0 Å². The number of carbonyl (C=O) groups is 2. The highest BCUT2D eigenvalue weighted by Gasteiger charge is 2.49. The fourth-order valence-electron chi connectivity index (χ4n) is 4.10. The van der Waals surface area contributed by atoms with Crippen molar-refractivity contribution in [2.45, 2.75) is 38.3 Å². The molecular formula is C22H24FN3O2. The minimum atomic E-state index is -1.05. The summed E-state index contributed by atoms with van der Waals surface area (Å²) in [5.74, 6) is -0.535. The summed E-state index contributed by atoms with van der Waals surface area (Å²) < 4.78 is 13.1. The Morgan fingerprint density at radius 2 is 1.82 bits per heavy atom. The van der Waals surface area contributed by atoms with E-state index in [1.165, 1.54) is 28.2 Å². The third kappa shape index (κ3) is 3.29. The van der Waals surface area contributed by atoms with Crippen LogP contribution >= 0.6 is 0 Å². The number of rotatable bonds is 5. The van der Waals surface area contributed by atoms with Gasteiger partial charge in [-0.25, -0.2) is 14.1 Å². The second-order valence-corrected chi connectivity index (χ2v) is 7.91. The Kier molecular flexibility index (Phi) is 4.67. The Morgan fingerprint density at radius 1 is 1.11 bits per heavy atom. The number of urea groups is 1. The summed E-state index contributed by atoms with van der Waals surface area (Å²) in [6.45, 7) is 2.44. The number of benzene rings is 2. The van der Waals surface area contributed by atoms with Gasteiger partial charge in [-0.2, -0.15) is 0 Å². The molecule has 1 fully saturated rings. The van der Waals surface area contributed by atoms with Crippen molar-refractivity contribution in [3.63, 3.8) is 0 Å². The van der Waals surface area contributed by atoms with Crippen molar-refractivity contribution in [2.75, 3.05) is 13.7 Å². The molecule has 4 rings (SSSR count). The fourth-order valence-corrected chi connectivity index (χ4v) is 4.10. The van der Waals surface area contributed by atoms with Gasteiger partial charge >= 0.3 is 6.03 Å². The molecule has 1 heterocycles. The van der Waals surface area contributed by atoms with Crippen LogP contribution in [0.15, 0.2) is 42.5 Å². The van der Waals surface area contributed by atoms with Crippen molar-refractivity contribution < 1.29 is 14.0 Å². The van der Waals surface area contributed by atoms with Gasteiger partial charge in [0.25, 0.3) is 5.91 Å². The quantitative estimate of drug-likeness (QED) is 0.810. The molecule has 3 amide bonds. The number of amides is 3. The Bertz CT molecular complexity index is 928. The number of fused-ring (bicyclic) bond motifs is 1. The van der Waals surface area contributed by atoms with Crippen LogP contribution in [0.1, 0.15) is 35.6 Å². The Labute approximate surface area is 164 Å². The largest absolute Gasteiger partial charge is 0.326 e. The van der Waals surface area contributed by atoms with Gasteiger partial charge in [0.05, 0.1) is 6.67 Å². The average Bonchev–Trinajstić information content (AvgIpc) is 3.22. The van der Waals surface area contributed by atoms with Gasteiger partial charge in [-0.15, -0.1) is 0 Å². The Hall–Kier alpha value is -2.73. The van der Waals surface area contributed by atoms with Crippen LogP contribution in [-0.4, -0.2) is 35.5 Å². The number of hydrogen-bond donors (Lipinski definition) is 1. The van der Waals surface area contributed by atoms with E-state index in [1.807, 2.05) is 18.0 Å². The summed E-state index contributed by atoms with van der Waals surface area (Å²) in [6, 6.07) is 11.9. The molecule has 0 aromatic heterocycles. The maximum absolute atomic E-state index is 13.1. The monoisotopic (exact) mass is 381 g/mol. The standard InChI is InChI=1S/C22H24FN3O2/c1-22(18-9-8-16-4-3-5-17(16)12-18)20(27)26(21(28)24-22)14-25(2)13-15-6-10-19(23)11-7-15/h6-12H,3-5,13-14H2,1-2H3,(H,24,28)/t22-/m0/s1. The highest BCUT2D eigenvalue weighted by Crippen LogP contribution is 2.32. The minimum absolute atomic E-state index is 0.169. The first-order chi connectivity index (χ1) is 13.4. The fraction of sp³-hybridized carbons (Fsp3) is 0.364. The van der Waals surface area contributed by atoms with Crippen molar-refractivity contribution in [3.8, 4) is 0 Å². The van der Waals surface area contributed by atoms with E-state index in [2.05, 4.69) is 17.4 Å². The lowest BCUT2D eigenvalue weighted by molar-refractivity contribution is -0.132. The van der Waals surface area contributed by atoms with Crippen molar-refractivity contribution >= 4 is 11.9 Å². The van der Waals surface area contributed by atoms with E-state index in [0.29, 0.717) is 6.54 Å². The van der Waals surface area contributed by atoms with E-state index in [9.17, 15) is 14.0 Å². The third-order valence-electron chi connectivity index (χ3n) is 5.70. The van der Waals surface area contributed by atoms with Crippen molar-refractivity contribution in [1.82, 2.24) is 15.1 Å². The molecule has 28 heavy (non-hydrogen) atoms. The molecule has 1 aliphatic carbocycles. The number of nitrogens with zero attached hydrogens (tertiary/aromatic N) is 2. The van der Waals surface area contributed by atoms with Gasteiger partial charge in [-0.05, 0) is 67.6 Å². The number of nitrogens with one attached hydrogen (secondary N) is 1. The number of aryl methyl sites for hydroxylation is 2. The summed E-state index contributed by atoms with van der Waals surface area (Å²) in [4.78, 5) is 28.8. The van der Waals surface area contributed by atoms with Crippen LogP contribution in [0, 0.1) is 5.82 Å². The van der Waals surface area contributed by atoms with Crippen LogP contribution in [0.4, 0.5) is 9.18 Å². The van der Waals surface area contributed by atoms with Gasteiger partial charge in [0.15, 0.2) is 0 Å². The van der Waals surface area contributed by atoms with Gasteiger partial charge in [-0.3, -0.25) is 9.69 Å². The van der Waals surface area contributed by atoms with Crippen LogP contribution in [0.25, 0.3) is 0 Å². The molecule has 1 aliphatic heterocycles. The summed E-state index contributed by atoms with van der Waals surface area (Å²) >= 11 is 0. The number of hydrogen-bond acceptors (Lipinski definition) is 3. The number of carbonyl (C=O) groups excluding carboxylic acids is 2. The maximum atomic E-state index is 13.1. The normalized spacial score (nSPS) is 21.4. The van der Waals surface area contributed by atoms with Crippen LogP contribution in [0.2, 0.25) is 0 Å². The van der Waals surface area contributed by atoms with Gasteiger partial charge in [0.1, 0.15) is 11.4 Å². The van der Waals surface area contributed by atoms with E-state index in [0.717, 1.165) is 30.4 Å². The first kappa shape index (κ1) is 18.6. The molecule has 0 saturated carbocycles. The SMILES string of the molecule is CN(Cc1ccc(F)cc1)CN1C(=O)N[C@@](C)(c2ccc3c(c2)CCC3)C1=O. The van der Waals surface area contributed by atoms with E-state index >= 15 is 0 Å². The molecule has 0 bridgehead atoms. The summed E-state index contributed by atoms with van der Waals surface area (Å²) in [7, 11) is 1.83. The Balaban J connectivity index is 1.49. The van der Waals surface area contributed by atoms with E-state index in [1.54, 1.807) is 19.1 Å². The predicted molar refractivity (Wildman–Crippen MR) is 104 cm³/mol. The summed E-state index contributed by atoms with van der Waals surface area (Å²) in [6.07, 6.45) is 3.23. The molecule has 1 saturated heterocycles. The lowest BCUT2D eigenvalue weighted by Gasteiger charge is -2.25. The van der Waals surface area contributed by atoms with Crippen LogP contribution < -0.4 is 5.32 Å². The highest BCUT2D eigenvalue weighted by molar-refractivity contribution is 6.07. The molecule has 0 radical (unpaired) electrons. The molecule has 1 N–H and O–H groups in total. The topological polar surface area (TPSA) is 52.6 Å². The Morgan fingerprint density at radius 3 is 2.57 bits per heavy atom. The molecule has 0 unspecified atom stereocenters. The molecular weight excluding hydrogens is 357 g/mol. The summed E-state index contributed by atoms with van der Waals surface area (Å²) in [5.41, 5.74) is 3.30. The lowest BCUT2D eigenvalue weighted by Crippen LogP contribution is -2.42. The van der Waals surface area contributed by atoms with Crippen molar-refractivity contribution in [3.05, 3.63) is 70.5 Å². The van der Waals surface area contributed by atoms with Crippen LogP contribution in [-0.2, 0) is 29.7 Å². The zero-order valence-electron chi connectivity index (χ0n) is 16.2. The van der Waals surface area contributed by atoms with Gasteiger partial charge < -0.3 is 5.32 Å². The number of imide groups is 1. The second-order valence-electron chi connectivity index (χ2n) is 7.91. The lowest BCUT2D eigenvalue weighted by atomic mass is 9.90. The first-order valence-electron chi connectivity index (χ1n) is 9.56. The highest BCUT2D eigenvalue weighted by atomic mass is 19.1. The second kappa shape index (κ2) is 7.02. The predicted octanol–water partition coefficient (Wildman–Crippen LogP) is 3.17. The van der Waals surface area contributed by atoms with Crippen molar-refractivity contribution in [2.24, 2.45) is 0 Å². The molecule has 6 heteroatoms. The third-order valence-corrected chi connectivity index (χ3v) is 5.70. The van der Waals surface area contributed by atoms with Crippen LogP contribution in [0.5, 0.6) is 0 Å². The van der Waals surface area contributed by atoms with Gasteiger partial charge in [0.2, 0.25) is 0 Å². The smallest absolute Gasteiger partial charge is 0.319 e. The minimum Gasteiger partial charge on any atom is -0.319 e. The van der Waals surface area contributed by atoms with E-state index < -0.39 is 5.54 Å². The van der Waals surface area contributed by atoms with Gasteiger partial charge in [-0.1, -0.05) is 30.3 Å². The van der Waals surface area contributed by atoms with Crippen molar-refractivity contribution in [1.29, 1.82) is 0 Å². The van der Waals surface area contributed by atoms with Crippen LogP contribution in [0.3, 0.4) is 0 Å². The molecule has 2 aromatic carbocycles. The molecule has 0 spiro atoms. The molecule has 146 valence electrons. The molecule has 2 aromatic rings.